The van der Waals surface area contributed by atoms with Gasteiger partial charge in [-0.25, -0.2) is 4.98 Å². The lowest BCUT2D eigenvalue weighted by Gasteiger charge is -1.96. The van der Waals surface area contributed by atoms with Gasteiger partial charge in [0, 0.05) is 0 Å². The zero-order valence-corrected chi connectivity index (χ0v) is 6.75. The molecule has 0 aliphatic rings. The molecule has 12 heavy (non-hydrogen) atoms. The Morgan fingerprint density at radius 1 is 1.42 bits per heavy atom. The number of nitrogens with zero attached hydrogens (tertiary/aromatic N) is 1. The molecule has 0 bridgehead atoms. The molecule has 2 aromatic rings. The maximum atomic E-state index is 5.45. The van der Waals surface area contributed by atoms with E-state index in [0.717, 1.165) is 17.5 Å². The van der Waals surface area contributed by atoms with Crippen molar-refractivity contribution in [3.63, 3.8) is 0 Å². The average molecular weight is 161 g/mol. The molecular formula is C9H11N3. The van der Waals surface area contributed by atoms with E-state index < -0.39 is 0 Å². The van der Waals surface area contributed by atoms with E-state index in [-0.39, 0.29) is 0 Å². The Kier molecular flexibility index (Phi) is 1.80. The second-order valence-electron chi connectivity index (χ2n) is 2.79. The average Bonchev–Trinajstić information content (AvgIpc) is 2.51. The largest absolute Gasteiger partial charge is 0.345 e. The molecule has 0 radical (unpaired) electrons. The summed E-state index contributed by atoms with van der Waals surface area (Å²) >= 11 is 0. The number of hydrogen-bond acceptors (Lipinski definition) is 2. The molecule has 0 amide bonds. The van der Waals surface area contributed by atoms with Crippen LogP contribution in [0.2, 0.25) is 0 Å². The molecule has 0 saturated heterocycles. The normalized spacial score (nSPS) is 10.8. The van der Waals surface area contributed by atoms with Crippen LogP contribution < -0.4 is 5.73 Å². The van der Waals surface area contributed by atoms with Gasteiger partial charge < -0.3 is 10.7 Å². The molecule has 0 atom stereocenters. The maximum Gasteiger partial charge on any atom is 0.0931 e. The van der Waals surface area contributed by atoms with E-state index in [2.05, 4.69) is 22.1 Å². The van der Waals surface area contributed by atoms with Crippen LogP contribution in [0.15, 0.2) is 24.5 Å². The minimum Gasteiger partial charge on any atom is -0.345 e. The van der Waals surface area contributed by atoms with Crippen molar-refractivity contribution in [3.05, 3.63) is 30.1 Å². The van der Waals surface area contributed by atoms with Crippen LogP contribution in [0.4, 0.5) is 0 Å². The summed E-state index contributed by atoms with van der Waals surface area (Å²) in [5.41, 5.74) is 8.81. The number of nitrogens with two attached hydrogens (primary N) is 1. The van der Waals surface area contributed by atoms with Crippen LogP contribution >= 0.6 is 0 Å². The molecule has 3 nitrogen and oxygen atoms in total. The van der Waals surface area contributed by atoms with Crippen molar-refractivity contribution < 1.29 is 0 Å². The molecule has 62 valence electrons. The van der Waals surface area contributed by atoms with Crippen molar-refractivity contribution in [2.45, 2.75) is 6.42 Å². The van der Waals surface area contributed by atoms with Gasteiger partial charge in [-0.05, 0) is 30.7 Å². The van der Waals surface area contributed by atoms with E-state index in [1.165, 1.54) is 5.56 Å². The molecule has 0 spiro atoms. The van der Waals surface area contributed by atoms with Gasteiger partial charge in [-0.15, -0.1) is 0 Å². The van der Waals surface area contributed by atoms with Gasteiger partial charge in [-0.2, -0.15) is 0 Å². The van der Waals surface area contributed by atoms with Crippen molar-refractivity contribution in [2.24, 2.45) is 5.73 Å². The predicted molar refractivity (Wildman–Crippen MR) is 48.9 cm³/mol. The predicted octanol–water partition coefficient (Wildman–Crippen LogP) is 1.06. The van der Waals surface area contributed by atoms with Crippen molar-refractivity contribution >= 4 is 11.0 Å². The van der Waals surface area contributed by atoms with Crippen molar-refractivity contribution in [1.82, 2.24) is 9.97 Å². The highest BCUT2D eigenvalue weighted by Crippen LogP contribution is 2.11. The van der Waals surface area contributed by atoms with Gasteiger partial charge in [0.1, 0.15) is 0 Å². The van der Waals surface area contributed by atoms with Gasteiger partial charge in [0.05, 0.1) is 17.4 Å². The second-order valence-corrected chi connectivity index (χ2v) is 2.79. The number of rotatable bonds is 2. The molecule has 0 saturated carbocycles. The van der Waals surface area contributed by atoms with E-state index >= 15 is 0 Å². The quantitative estimate of drug-likeness (QED) is 0.692. The Morgan fingerprint density at radius 2 is 2.33 bits per heavy atom. The number of benzene rings is 1. The summed E-state index contributed by atoms with van der Waals surface area (Å²) in [6, 6.07) is 6.17. The highest BCUT2D eigenvalue weighted by Gasteiger charge is 1.96. The monoisotopic (exact) mass is 161 g/mol. The van der Waals surface area contributed by atoms with Crippen LogP contribution in [0.5, 0.6) is 0 Å². The fraction of sp³-hybridized carbons (Fsp3) is 0.222. The van der Waals surface area contributed by atoms with Crippen molar-refractivity contribution in [1.29, 1.82) is 0 Å². The Morgan fingerprint density at radius 3 is 3.17 bits per heavy atom. The Bertz CT molecular complexity index is 378. The first-order valence-electron chi connectivity index (χ1n) is 4.02. The number of aromatic nitrogens is 2. The highest BCUT2D eigenvalue weighted by molar-refractivity contribution is 5.74. The smallest absolute Gasteiger partial charge is 0.0931 e. The molecular weight excluding hydrogens is 150 g/mol. The molecule has 3 heteroatoms. The van der Waals surface area contributed by atoms with E-state index in [1.54, 1.807) is 6.33 Å². The van der Waals surface area contributed by atoms with Gasteiger partial charge in [0.15, 0.2) is 0 Å². The van der Waals surface area contributed by atoms with Crippen molar-refractivity contribution in [3.8, 4) is 0 Å². The summed E-state index contributed by atoms with van der Waals surface area (Å²) in [7, 11) is 0. The molecule has 0 fully saturated rings. The SMILES string of the molecule is NCCc1ccc2nc[nH]c2c1. The lowest BCUT2D eigenvalue weighted by atomic mass is 10.1. The number of aromatic amines is 1. The van der Waals surface area contributed by atoms with Gasteiger partial charge >= 0.3 is 0 Å². The fourth-order valence-electron chi connectivity index (χ4n) is 1.30. The van der Waals surface area contributed by atoms with Gasteiger partial charge in [0.25, 0.3) is 0 Å². The van der Waals surface area contributed by atoms with Crippen LogP contribution in [0.1, 0.15) is 5.56 Å². The summed E-state index contributed by atoms with van der Waals surface area (Å²) in [5, 5.41) is 0. The number of hydrogen-bond donors (Lipinski definition) is 2. The third-order valence-corrected chi connectivity index (χ3v) is 1.92. The zero-order chi connectivity index (χ0) is 8.39. The summed E-state index contributed by atoms with van der Waals surface area (Å²) in [4.78, 5) is 7.20. The molecule has 0 aliphatic carbocycles. The van der Waals surface area contributed by atoms with Crippen LogP contribution in [0, 0.1) is 0 Å². The van der Waals surface area contributed by atoms with Crippen LogP contribution in [0.25, 0.3) is 11.0 Å². The molecule has 1 aromatic heterocycles. The molecule has 3 N–H and O–H groups in total. The zero-order valence-electron chi connectivity index (χ0n) is 6.75. The summed E-state index contributed by atoms with van der Waals surface area (Å²) in [6.45, 7) is 0.694. The van der Waals surface area contributed by atoms with E-state index in [0.29, 0.717) is 6.54 Å². The third kappa shape index (κ3) is 1.19. The lowest BCUT2D eigenvalue weighted by Crippen LogP contribution is -2.02. The highest BCUT2D eigenvalue weighted by atomic mass is 14.9. The fourth-order valence-corrected chi connectivity index (χ4v) is 1.30. The third-order valence-electron chi connectivity index (χ3n) is 1.92. The minimum atomic E-state index is 0.694. The first kappa shape index (κ1) is 7.31. The molecule has 1 heterocycles. The maximum absolute atomic E-state index is 5.45. The number of imidazole rings is 1. The topological polar surface area (TPSA) is 54.7 Å². The Hall–Kier alpha value is -1.35. The van der Waals surface area contributed by atoms with Gasteiger partial charge in [-0.1, -0.05) is 6.07 Å². The first-order valence-corrected chi connectivity index (χ1v) is 4.02. The number of H-pyrrole nitrogens is 1. The van der Waals surface area contributed by atoms with E-state index in [1.807, 2.05) is 6.07 Å². The Balaban J connectivity index is 2.46. The van der Waals surface area contributed by atoms with Crippen LogP contribution in [-0.2, 0) is 6.42 Å². The molecule has 1 aromatic carbocycles. The minimum absolute atomic E-state index is 0.694. The van der Waals surface area contributed by atoms with Gasteiger partial charge in [-0.3, -0.25) is 0 Å². The van der Waals surface area contributed by atoms with E-state index in [9.17, 15) is 0 Å². The number of nitrogens with one attached hydrogen (secondary N) is 1. The number of fused-ring (bicyclic) bond motifs is 1. The molecule has 0 aliphatic heterocycles. The summed E-state index contributed by atoms with van der Waals surface area (Å²) in [6.07, 6.45) is 2.63. The standard InChI is InChI=1S/C9H11N3/c10-4-3-7-1-2-8-9(5-7)12-6-11-8/h1-2,5-6H,3-4,10H2,(H,11,12). The second kappa shape index (κ2) is 2.95. The first-order chi connectivity index (χ1) is 5.90. The molecule has 2 rings (SSSR count). The molecule has 0 unspecified atom stereocenters. The van der Waals surface area contributed by atoms with E-state index in [4.69, 9.17) is 5.73 Å². The van der Waals surface area contributed by atoms with Crippen LogP contribution in [0.3, 0.4) is 0 Å². The Labute approximate surface area is 70.6 Å². The summed E-state index contributed by atoms with van der Waals surface area (Å²) in [5.74, 6) is 0. The van der Waals surface area contributed by atoms with Gasteiger partial charge in [0.2, 0.25) is 0 Å². The van der Waals surface area contributed by atoms with Crippen LogP contribution in [-0.4, -0.2) is 16.5 Å². The lowest BCUT2D eigenvalue weighted by molar-refractivity contribution is 0.970. The summed E-state index contributed by atoms with van der Waals surface area (Å²) < 4.78 is 0. The van der Waals surface area contributed by atoms with Crippen molar-refractivity contribution in [2.75, 3.05) is 6.54 Å².